The van der Waals surface area contributed by atoms with Crippen LogP contribution in [0.4, 0.5) is 5.82 Å². The van der Waals surface area contributed by atoms with E-state index in [-0.39, 0.29) is 13.1 Å². The Hall–Kier alpha value is -1.58. The van der Waals surface area contributed by atoms with E-state index in [9.17, 15) is 4.79 Å². The van der Waals surface area contributed by atoms with Crippen molar-refractivity contribution in [2.75, 3.05) is 77.9 Å². The zero-order valence-electron chi connectivity index (χ0n) is 18.0. The van der Waals surface area contributed by atoms with Crippen LogP contribution in [-0.2, 0) is 23.7 Å². The van der Waals surface area contributed by atoms with E-state index in [1.165, 1.54) is 0 Å². The number of Topliss-reactive ketones (excluding diaryl/α,β-unsaturated/α-hetero) is 1. The predicted molar refractivity (Wildman–Crippen MR) is 114 cm³/mol. The molecule has 0 atom stereocenters. The van der Waals surface area contributed by atoms with Crippen molar-refractivity contribution in [1.82, 2.24) is 4.98 Å². The highest BCUT2D eigenvalue weighted by Gasteiger charge is 2.11. The summed E-state index contributed by atoms with van der Waals surface area (Å²) in [6, 6.07) is 5.40. The molecule has 0 saturated carbocycles. The molecule has 29 heavy (non-hydrogen) atoms. The van der Waals surface area contributed by atoms with Crippen LogP contribution in [-0.4, -0.2) is 83.4 Å². The fourth-order valence-corrected chi connectivity index (χ4v) is 2.24. The number of aromatic nitrogens is 1. The molecule has 1 rings (SSSR count). The molecule has 1 aromatic rings. The van der Waals surface area contributed by atoms with Gasteiger partial charge in [0.1, 0.15) is 11.5 Å². The zero-order valence-corrected chi connectivity index (χ0v) is 18.0. The van der Waals surface area contributed by atoms with Crippen LogP contribution in [0.2, 0.25) is 0 Å². The largest absolute Gasteiger partial charge is 0.379 e. The van der Waals surface area contributed by atoms with Gasteiger partial charge in [-0.2, -0.15) is 0 Å². The summed E-state index contributed by atoms with van der Waals surface area (Å²) in [5, 5.41) is 3.16. The molecule has 1 aromatic heterocycles. The highest BCUT2D eigenvalue weighted by molar-refractivity contribution is 5.95. The first-order valence-electron chi connectivity index (χ1n) is 10.3. The average Bonchev–Trinajstić information content (AvgIpc) is 2.73. The van der Waals surface area contributed by atoms with Crippen molar-refractivity contribution in [3.63, 3.8) is 0 Å². The predicted octanol–water partition coefficient (Wildman–Crippen LogP) is 2.68. The maximum absolute atomic E-state index is 12.0. The SMILES string of the molecule is CCOCCOCCOCCOCCOCCNc1cccc(C(=O)C(C)C)n1.[HH]. The highest BCUT2D eigenvalue weighted by Crippen LogP contribution is 2.09. The molecular formula is C21H38N2O6. The second-order valence-corrected chi connectivity index (χ2v) is 6.50. The number of anilines is 1. The Morgan fingerprint density at radius 2 is 1.41 bits per heavy atom. The third-order valence-corrected chi connectivity index (χ3v) is 3.77. The summed E-state index contributed by atoms with van der Waals surface area (Å²) < 4.78 is 26.9. The Bertz CT molecular complexity index is 548. The van der Waals surface area contributed by atoms with Gasteiger partial charge in [0, 0.05) is 20.5 Å². The van der Waals surface area contributed by atoms with Gasteiger partial charge in [-0.25, -0.2) is 4.98 Å². The molecule has 0 saturated heterocycles. The van der Waals surface area contributed by atoms with Gasteiger partial charge in [0.15, 0.2) is 5.78 Å². The van der Waals surface area contributed by atoms with E-state index in [0.29, 0.717) is 84.1 Å². The van der Waals surface area contributed by atoms with Crippen LogP contribution in [0.3, 0.4) is 0 Å². The van der Waals surface area contributed by atoms with Crippen LogP contribution in [0.25, 0.3) is 0 Å². The standard InChI is InChI=1S/C21H36N2O6.H2/c1-4-25-10-11-27-14-15-29-17-16-28-13-12-26-9-8-22-20-7-5-6-19(23-20)21(24)18(2)3;/h5-7,18H,4,8-17H2,1-3H3,(H,22,23);1H. The van der Waals surface area contributed by atoms with E-state index in [2.05, 4.69) is 10.3 Å². The summed E-state index contributed by atoms with van der Waals surface area (Å²) in [6.45, 7) is 12.0. The molecule has 0 bridgehead atoms. The van der Waals surface area contributed by atoms with Crippen molar-refractivity contribution in [2.24, 2.45) is 5.92 Å². The fraction of sp³-hybridized carbons (Fsp3) is 0.714. The van der Waals surface area contributed by atoms with E-state index >= 15 is 0 Å². The number of carbonyl (C=O) groups excluding carboxylic acids is 1. The number of ether oxygens (including phenoxy) is 5. The Kier molecular flexibility index (Phi) is 15.2. The maximum Gasteiger partial charge on any atom is 0.183 e. The second kappa shape index (κ2) is 17.3. The minimum Gasteiger partial charge on any atom is -0.379 e. The third-order valence-electron chi connectivity index (χ3n) is 3.77. The minimum absolute atomic E-state index is 0. The molecule has 8 nitrogen and oxygen atoms in total. The Labute approximate surface area is 175 Å². The average molecular weight is 415 g/mol. The topological polar surface area (TPSA) is 88.1 Å². The maximum atomic E-state index is 12.0. The molecule has 0 fully saturated rings. The Morgan fingerprint density at radius 3 is 1.93 bits per heavy atom. The van der Waals surface area contributed by atoms with Crippen molar-refractivity contribution < 1.29 is 29.9 Å². The number of rotatable bonds is 19. The van der Waals surface area contributed by atoms with E-state index in [4.69, 9.17) is 23.7 Å². The first kappa shape index (κ1) is 25.5. The zero-order chi connectivity index (χ0) is 21.2. The normalized spacial score (nSPS) is 11.2. The minimum atomic E-state index is -0.0644. The van der Waals surface area contributed by atoms with Crippen LogP contribution in [0.1, 0.15) is 32.7 Å². The first-order chi connectivity index (χ1) is 14.1. The van der Waals surface area contributed by atoms with E-state index in [1.54, 1.807) is 6.07 Å². The second-order valence-electron chi connectivity index (χ2n) is 6.50. The van der Waals surface area contributed by atoms with Crippen LogP contribution in [0.15, 0.2) is 18.2 Å². The van der Waals surface area contributed by atoms with Crippen LogP contribution in [0, 0.1) is 5.92 Å². The van der Waals surface area contributed by atoms with Crippen LogP contribution < -0.4 is 5.32 Å². The summed E-state index contributed by atoms with van der Waals surface area (Å²) in [5.41, 5.74) is 0.485. The van der Waals surface area contributed by atoms with Crippen molar-refractivity contribution in [2.45, 2.75) is 20.8 Å². The molecular weight excluding hydrogens is 376 g/mol. The van der Waals surface area contributed by atoms with Crippen molar-refractivity contribution in [3.8, 4) is 0 Å². The molecule has 0 aromatic carbocycles. The number of carbonyl (C=O) groups is 1. The fourth-order valence-electron chi connectivity index (χ4n) is 2.24. The molecule has 0 aliphatic rings. The van der Waals surface area contributed by atoms with Crippen molar-refractivity contribution >= 4 is 11.6 Å². The van der Waals surface area contributed by atoms with Crippen LogP contribution in [0.5, 0.6) is 0 Å². The van der Waals surface area contributed by atoms with Gasteiger partial charge in [-0.3, -0.25) is 4.79 Å². The lowest BCUT2D eigenvalue weighted by molar-refractivity contribution is -0.00953. The van der Waals surface area contributed by atoms with E-state index < -0.39 is 0 Å². The summed E-state index contributed by atoms with van der Waals surface area (Å²) in [5.74, 6) is 0.654. The molecule has 168 valence electrons. The van der Waals surface area contributed by atoms with Crippen LogP contribution >= 0.6 is 0 Å². The molecule has 1 heterocycles. The molecule has 0 radical (unpaired) electrons. The van der Waals surface area contributed by atoms with Gasteiger partial charge in [0.05, 0.1) is 59.5 Å². The van der Waals surface area contributed by atoms with Gasteiger partial charge < -0.3 is 29.0 Å². The number of nitrogens with zero attached hydrogens (tertiary/aromatic N) is 1. The Morgan fingerprint density at radius 1 is 0.897 bits per heavy atom. The van der Waals surface area contributed by atoms with Gasteiger partial charge in [0.2, 0.25) is 0 Å². The lowest BCUT2D eigenvalue weighted by atomic mass is 10.1. The van der Waals surface area contributed by atoms with Gasteiger partial charge in [-0.15, -0.1) is 0 Å². The summed E-state index contributed by atoms with van der Waals surface area (Å²) in [7, 11) is 0. The van der Waals surface area contributed by atoms with Gasteiger partial charge in [0.25, 0.3) is 0 Å². The number of pyridine rings is 1. The molecule has 8 heteroatoms. The summed E-state index contributed by atoms with van der Waals surface area (Å²) >= 11 is 0. The molecule has 1 N–H and O–H groups in total. The lowest BCUT2D eigenvalue weighted by Gasteiger charge is -2.09. The van der Waals surface area contributed by atoms with Crippen molar-refractivity contribution in [3.05, 3.63) is 23.9 Å². The molecule has 0 unspecified atom stereocenters. The van der Waals surface area contributed by atoms with E-state index in [1.807, 2.05) is 32.9 Å². The third kappa shape index (κ3) is 13.3. The van der Waals surface area contributed by atoms with Crippen molar-refractivity contribution in [1.29, 1.82) is 0 Å². The van der Waals surface area contributed by atoms with Gasteiger partial charge in [-0.05, 0) is 19.1 Å². The molecule has 0 aliphatic heterocycles. The number of hydrogen-bond acceptors (Lipinski definition) is 8. The number of nitrogens with one attached hydrogen (secondary N) is 1. The molecule has 0 amide bonds. The van der Waals surface area contributed by atoms with Gasteiger partial charge in [-0.1, -0.05) is 19.9 Å². The summed E-state index contributed by atoms with van der Waals surface area (Å²) in [4.78, 5) is 16.3. The first-order valence-corrected chi connectivity index (χ1v) is 10.3. The Balaban J connectivity index is 0.00000841. The van der Waals surface area contributed by atoms with E-state index in [0.717, 1.165) is 0 Å². The smallest absolute Gasteiger partial charge is 0.183 e. The van der Waals surface area contributed by atoms with Gasteiger partial charge >= 0.3 is 0 Å². The number of ketones is 1. The molecule has 0 spiro atoms. The lowest BCUT2D eigenvalue weighted by Crippen LogP contribution is -2.16. The highest BCUT2D eigenvalue weighted by atomic mass is 16.6. The molecule has 0 aliphatic carbocycles. The summed E-state index contributed by atoms with van der Waals surface area (Å²) in [6.07, 6.45) is 0. The number of hydrogen-bond donors (Lipinski definition) is 1. The monoisotopic (exact) mass is 414 g/mol. The quantitative estimate of drug-likeness (QED) is 0.273.